The lowest BCUT2D eigenvalue weighted by atomic mass is 9.99. The van der Waals surface area contributed by atoms with Crippen molar-refractivity contribution in [2.24, 2.45) is 11.8 Å². The third-order valence-electron chi connectivity index (χ3n) is 7.02. The molecule has 3 amide bonds. The Morgan fingerprint density at radius 1 is 0.867 bits per heavy atom. The van der Waals surface area contributed by atoms with Gasteiger partial charge >= 0.3 is 0 Å². The van der Waals surface area contributed by atoms with Crippen LogP contribution in [0, 0.1) is 11.8 Å². The number of hydrogen-bond acceptors (Lipinski definition) is 3. The molecule has 0 bridgehead atoms. The molecular weight excluding hydrogens is 378 g/mol. The highest BCUT2D eigenvalue weighted by atomic mass is 16.2. The Morgan fingerprint density at radius 3 is 2.40 bits per heavy atom. The molecule has 2 aliphatic carbocycles. The Hall–Kier alpha value is -2.37. The summed E-state index contributed by atoms with van der Waals surface area (Å²) in [6.07, 6.45) is 7.60. The third kappa shape index (κ3) is 4.52. The molecule has 1 aromatic rings. The topological polar surface area (TPSA) is 69.7 Å². The molecular formula is C24H33N3O3. The second kappa shape index (κ2) is 9.63. The summed E-state index contributed by atoms with van der Waals surface area (Å²) < 4.78 is 0. The van der Waals surface area contributed by atoms with Crippen LogP contribution in [0.3, 0.4) is 0 Å². The molecule has 6 nitrogen and oxygen atoms in total. The van der Waals surface area contributed by atoms with Gasteiger partial charge in [-0.15, -0.1) is 0 Å². The van der Waals surface area contributed by atoms with E-state index in [1.807, 2.05) is 40.1 Å². The van der Waals surface area contributed by atoms with Gasteiger partial charge in [0.15, 0.2) is 0 Å². The van der Waals surface area contributed by atoms with Crippen molar-refractivity contribution in [2.75, 3.05) is 26.2 Å². The lowest BCUT2D eigenvalue weighted by Gasteiger charge is -2.33. The van der Waals surface area contributed by atoms with Crippen LogP contribution in [-0.4, -0.2) is 59.7 Å². The van der Waals surface area contributed by atoms with Crippen molar-refractivity contribution >= 4 is 17.7 Å². The van der Waals surface area contributed by atoms with Crippen LogP contribution in [0.15, 0.2) is 30.3 Å². The summed E-state index contributed by atoms with van der Waals surface area (Å²) in [6, 6.07) is 9.28. The largest absolute Gasteiger partial charge is 0.354 e. The molecule has 1 saturated heterocycles. The summed E-state index contributed by atoms with van der Waals surface area (Å²) >= 11 is 0. The van der Waals surface area contributed by atoms with Gasteiger partial charge in [0.05, 0.1) is 5.92 Å². The van der Waals surface area contributed by atoms with Crippen molar-refractivity contribution in [1.29, 1.82) is 0 Å². The summed E-state index contributed by atoms with van der Waals surface area (Å²) in [7, 11) is 0. The molecule has 4 rings (SSSR count). The van der Waals surface area contributed by atoms with Crippen LogP contribution in [0.2, 0.25) is 0 Å². The minimum absolute atomic E-state index is 0.00628. The van der Waals surface area contributed by atoms with E-state index in [4.69, 9.17) is 0 Å². The average Bonchev–Trinajstić information content (AvgIpc) is 3.47. The number of benzene rings is 1. The number of amides is 3. The normalized spacial score (nSPS) is 26.1. The Balaban J connectivity index is 1.53. The second-order valence-corrected chi connectivity index (χ2v) is 8.92. The fraction of sp³-hybridized carbons (Fsp3) is 0.625. The molecule has 1 N–H and O–H groups in total. The SMILES string of the molecule is O=C1NCCN(C(=O)C2CCCC2)CCCN(C(=O)c2ccccc2)C2CCCC12. The Labute approximate surface area is 179 Å². The Bertz CT molecular complexity index is 760. The first-order valence-electron chi connectivity index (χ1n) is 11.6. The number of hydrogen-bond donors (Lipinski definition) is 1. The van der Waals surface area contributed by atoms with Gasteiger partial charge in [-0.25, -0.2) is 0 Å². The molecule has 2 saturated carbocycles. The lowest BCUT2D eigenvalue weighted by molar-refractivity contribution is -0.135. The maximum absolute atomic E-state index is 13.3. The summed E-state index contributed by atoms with van der Waals surface area (Å²) in [5.74, 6) is 0.218. The quantitative estimate of drug-likeness (QED) is 0.814. The number of rotatable bonds is 2. The maximum Gasteiger partial charge on any atom is 0.254 e. The van der Waals surface area contributed by atoms with Gasteiger partial charge in [-0.2, -0.15) is 0 Å². The van der Waals surface area contributed by atoms with E-state index >= 15 is 0 Å². The van der Waals surface area contributed by atoms with E-state index < -0.39 is 0 Å². The van der Waals surface area contributed by atoms with E-state index in [0.717, 1.165) is 51.4 Å². The van der Waals surface area contributed by atoms with Crippen LogP contribution in [0.5, 0.6) is 0 Å². The van der Waals surface area contributed by atoms with E-state index in [2.05, 4.69) is 5.32 Å². The first-order valence-corrected chi connectivity index (χ1v) is 11.6. The van der Waals surface area contributed by atoms with Gasteiger partial charge < -0.3 is 15.1 Å². The van der Waals surface area contributed by atoms with E-state index in [0.29, 0.717) is 31.7 Å². The zero-order chi connectivity index (χ0) is 20.9. The van der Waals surface area contributed by atoms with Crippen LogP contribution < -0.4 is 5.32 Å². The second-order valence-electron chi connectivity index (χ2n) is 8.92. The molecule has 0 radical (unpaired) electrons. The predicted molar refractivity (Wildman–Crippen MR) is 115 cm³/mol. The van der Waals surface area contributed by atoms with Crippen molar-refractivity contribution in [2.45, 2.75) is 57.4 Å². The highest BCUT2D eigenvalue weighted by Crippen LogP contribution is 2.32. The zero-order valence-corrected chi connectivity index (χ0v) is 17.7. The zero-order valence-electron chi connectivity index (χ0n) is 17.7. The molecule has 1 aromatic carbocycles. The van der Waals surface area contributed by atoms with E-state index in [9.17, 15) is 14.4 Å². The summed E-state index contributed by atoms with van der Waals surface area (Å²) in [4.78, 5) is 43.1. The van der Waals surface area contributed by atoms with Gasteiger partial charge in [0.1, 0.15) is 0 Å². The maximum atomic E-state index is 13.3. The fourth-order valence-electron chi connectivity index (χ4n) is 5.42. The number of carbonyl (C=O) groups is 3. The monoisotopic (exact) mass is 411 g/mol. The fourth-order valence-corrected chi connectivity index (χ4v) is 5.42. The number of nitrogens with one attached hydrogen (secondary N) is 1. The molecule has 1 heterocycles. The van der Waals surface area contributed by atoms with Crippen molar-refractivity contribution in [3.8, 4) is 0 Å². The molecule has 6 heteroatoms. The highest BCUT2D eigenvalue weighted by Gasteiger charge is 2.39. The number of nitrogens with zero attached hydrogens (tertiary/aromatic N) is 2. The average molecular weight is 412 g/mol. The van der Waals surface area contributed by atoms with E-state index in [-0.39, 0.29) is 35.6 Å². The molecule has 2 atom stereocenters. The molecule has 30 heavy (non-hydrogen) atoms. The van der Waals surface area contributed by atoms with Crippen LogP contribution >= 0.6 is 0 Å². The van der Waals surface area contributed by atoms with Gasteiger partial charge in [-0.3, -0.25) is 14.4 Å². The molecule has 0 spiro atoms. The minimum atomic E-state index is -0.158. The summed E-state index contributed by atoms with van der Waals surface area (Å²) in [5.41, 5.74) is 0.664. The smallest absolute Gasteiger partial charge is 0.254 e. The molecule has 1 aliphatic heterocycles. The van der Waals surface area contributed by atoms with Crippen LogP contribution in [0.4, 0.5) is 0 Å². The number of fused-ring (bicyclic) bond motifs is 1. The van der Waals surface area contributed by atoms with Crippen LogP contribution in [0.1, 0.15) is 61.7 Å². The van der Waals surface area contributed by atoms with Gasteiger partial charge in [0, 0.05) is 43.7 Å². The Kier molecular flexibility index (Phi) is 6.70. The van der Waals surface area contributed by atoms with Gasteiger partial charge in [-0.05, 0) is 44.2 Å². The number of carbonyl (C=O) groups excluding carboxylic acids is 3. The van der Waals surface area contributed by atoms with Crippen molar-refractivity contribution in [1.82, 2.24) is 15.1 Å². The molecule has 2 unspecified atom stereocenters. The molecule has 3 aliphatic rings. The summed E-state index contributed by atoms with van der Waals surface area (Å²) in [6.45, 7) is 2.27. The predicted octanol–water partition coefficient (Wildman–Crippen LogP) is 2.84. The van der Waals surface area contributed by atoms with E-state index in [1.54, 1.807) is 0 Å². The molecule has 162 valence electrons. The van der Waals surface area contributed by atoms with E-state index in [1.165, 1.54) is 0 Å². The van der Waals surface area contributed by atoms with Crippen molar-refractivity contribution in [3.63, 3.8) is 0 Å². The van der Waals surface area contributed by atoms with Gasteiger partial charge in [0.25, 0.3) is 5.91 Å². The summed E-state index contributed by atoms with van der Waals surface area (Å²) in [5, 5.41) is 3.06. The van der Waals surface area contributed by atoms with Gasteiger partial charge in [0.2, 0.25) is 11.8 Å². The molecule has 3 fully saturated rings. The van der Waals surface area contributed by atoms with Crippen LogP contribution in [-0.2, 0) is 9.59 Å². The lowest BCUT2D eigenvalue weighted by Crippen LogP contribution is -2.47. The van der Waals surface area contributed by atoms with Crippen LogP contribution in [0.25, 0.3) is 0 Å². The Morgan fingerprint density at radius 2 is 1.63 bits per heavy atom. The highest BCUT2D eigenvalue weighted by molar-refractivity contribution is 5.95. The first-order chi connectivity index (χ1) is 14.6. The van der Waals surface area contributed by atoms with Crippen molar-refractivity contribution < 1.29 is 14.4 Å². The molecule has 0 aromatic heterocycles. The third-order valence-corrected chi connectivity index (χ3v) is 7.02. The van der Waals surface area contributed by atoms with Crippen molar-refractivity contribution in [3.05, 3.63) is 35.9 Å². The van der Waals surface area contributed by atoms with Gasteiger partial charge in [-0.1, -0.05) is 37.5 Å². The standard InChI is InChI=1S/C24H33N3O3/c28-22-20-12-6-13-21(20)27(24(30)19-8-2-1-3-9-19)16-7-15-26(17-14-25-22)23(29)18-10-4-5-11-18/h1-3,8-9,18,20-21H,4-7,10-17H2,(H,25,28). The minimum Gasteiger partial charge on any atom is -0.354 e. The first kappa shape index (κ1) is 20.9.